The van der Waals surface area contributed by atoms with E-state index in [4.69, 9.17) is 10.5 Å². The van der Waals surface area contributed by atoms with Crippen molar-refractivity contribution in [1.29, 1.82) is 0 Å². The molecule has 1 saturated heterocycles. The molecule has 3 nitrogen and oxygen atoms in total. The third-order valence-electron chi connectivity index (χ3n) is 3.66. The molecule has 2 unspecified atom stereocenters. The van der Waals surface area contributed by atoms with Crippen LogP contribution in [0.4, 0.5) is 0 Å². The molecule has 0 radical (unpaired) electrons. The van der Waals surface area contributed by atoms with Gasteiger partial charge in [-0.2, -0.15) is 0 Å². The van der Waals surface area contributed by atoms with Gasteiger partial charge in [0.15, 0.2) is 0 Å². The molecule has 1 aliphatic rings. The molecular weight excluding hydrogens is 292 g/mol. The molecule has 1 aromatic rings. The van der Waals surface area contributed by atoms with Crippen molar-refractivity contribution in [3.05, 3.63) is 28.2 Å². The second kappa shape index (κ2) is 5.59. The lowest BCUT2D eigenvalue weighted by atomic mass is 10.00. The third kappa shape index (κ3) is 2.56. The highest BCUT2D eigenvalue weighted by Gasteiger charge is 2.34. The van der Waals surface area contributed by atoms with Gasteiger partial charge in [-0.1, -0.05) is 6.07 Å². The van der Waals surface area contributed by atoms with Gasteiger partial charge in [0.05, 0.1) is 17.6 Å². The fourth-order valence-corrected chi connectivity index (χ4v) is 3.28. The normalized spacial score (nSPS) is 24.8. The average Bonchev–Trinajstić information content (AvgIpc) is 2.71. The van der Waals surface area contributed by atoms with Gasteiger partial charge in [0.25, 0.3) is 0 Å². The summed E-state index contributed by atoms with van der Waals surface area (Å²) >= 11 is 3.55. The topological polar surface area (TPSA) is 38.5 Å². The van der Waals surface area contributed by atoms with Crippen molar-refractivity contribution < 1.29 is 4.74 Å². The molecule has 1 fully saturated rings. The van der Waals surface area contributed by atoms with Crippen LogP contribution in [0.1, 0.15) is 31.9 Å². The van der Waals surface area contributed by atoms with E-state index in [2.05, 4.69) is 46.8 Å². The summed E-state index contributed by atoms with van der Waals surface area (Å²) in [7, 11) is 1.68. The van der Waals surface area contributed by atoms with E-state index in [1.54, 1.807) is 7.11 Å². The molecule has 18 heavy (non-hydrogen) atoms. The largest absolute Gasteiger partial charge is 0.496 e. The number of ether oxygens (including phenoxy) is 1. The van der Waals surface area contributed by atoms with Crippen LogP contribution in [-0.2, 0) is 0 Å². The first-order chi connectivity index (χ1) is 8.54. The number of rotatable bonds is 3. The van der Waals surface area contributed by atoms with E-state index in [9.17, 15) is 0 Å². The van der Waals surface area contributed by atoms with Gasteiger partial charge >= 0.3 is 0 Å². The van der Waals surface area contributed by atoms with Gasteiger partial charge in [-0.3, -0.25) is 4.90 Å². The van der Waals surface area contributed by atoms with E-state index in [1.807, 2.05) is 6.07 Å². The van der Waals surface area contributed by atoms with E-state index >= 15 is 0 Å². The minimum Gasteiger partial charge on any atom is -0.496 e. The number of hydrogen-bond acceptors (Lipinski definition) is 3. The Kier molecular flexibility index (Phi) is 4.30. The summed E-state index contributed by atoms with van der Waals surface area (Å²) in [5.74, 6) is 0.862. The maximum absolute atomic E-state index is 6.27. The van der Waals surface area contributed by atoms with Gasteiger partial charge in [0.1, 0.15) is 5.75 Å². The number of nitrogens with zero attached hydrogens (tertiary/aromatic N) is 1. The summed E-state index contributed by atoms with van der Waals surface area (Å²) in [5.41, 5.74) is 7.54. The minimum absolute atomic E-state index is 0.215. The molecule has 4 heteroatoms. The second-order valence-corrected chi connectivity index (χ2v) is 5.98. The number of nitrogens with two attached hydrogens (primary N) is 1. The standard InChI is InChI=1S/C14H21BrN2O/c1-9(2)17-7-6-12(16)14(17)10-4-5-13(18-3)11(15)8-10/h4-5,8-9,12,14H,6-7,16H2,1-3H3. The van der Waals surface area contributed by atoms with Gasteiger partial charge in [-0.25, -0.2) is 0 Å². The maximum atomic E-state index is 6.27. The van der Waals surface area contributed by atoms with E-state index < -0.39 is 0 Å². The molecular formula is C14H21BrN2O. The van der Waals surface area contributed by atoms with Crippen LogP contribution in [0.5, 0.6) is 5.75 Å². The van der Waals surface area contributed by atoms with Crippen molar-refractivity contribution in [1.82, 2.24) is 4.90 Å². The molecule has 1 aromatic carbocycles. The van der Waals surface area contributed by atoms with Gasteiger partial charge < -0.3 is 10.5 Å². The first-order valence-corrected chi connectivity index (χ1v) is 7.18. The van der Waals surface area contributed by atoms with Crippen LogP contribution in [0, 0.1) is 0 Å². The van der Waals surface area contributed by atoms with Crippen molar-refractivity contribution in [2.75, 3.05) is 13.7 Å². The molecule has 0 aromatic heterocycles. The molecule has 0 amide bonds. The minimum atomic E-state index is 0.215. The number of likely N-dealkylation sites (tertiary alicyclic amines) is 1. The lowest BCUT2D eigenvalue weighted by Crippen LogP contribution is -2.35. The quantitative estimate of drug-likeness (QED) is 0.932. The Labute approximate surface area is 117 Å². The Balaban J connectivity index is 2.31. The van der Waals surface area contributed by atoms with E-state index in [1.165, 1.54) is 5.56 Å². The van der Waals surface area contributed by atoms with Gasteiger partial charge in [-0.15, -0.1) is 0 Å². The Hall–Kier alpha value is -0.580. The number of methoxy groups -OCH3 is 1. The Morgan fingerprint density at radius 1 is 1.44 bits per heavy atom. The molecule has 0 saturated carbocycles. The maximum Gasteiger partial charge on any atom is 0.133 e. The van der Waals surface area contributed by atoms with Crippen LogP contribution >= 0.6 is 15.9 Å². The van der Waals surface area contributed by atoms with Crippen LogP contribution in [0.2, 0.25) is 0 Å². The van der Waals surface area contributed by atoms with Crippen molar-refractivity contribution in [3.63, 3.8) is 0 Å². The van der Waals surface area contributed by atoms with E-state index in [-0.39, 0.29) is 6.04 Å². The highest BCUT2D eigenvalue weighted by molar-refractivity contribution is 9.10. The molecule has 2 atom stereocenters. The van der Waals surface area contributed by atoms with Crippen molar-refractivity contribution in [3.8, 4) is 5.75 Å². The van der Waals surface area contributed by atoms with E-state index in [0.29, 0.717) is 12.1 Å². The molecule has 1 aliphatic heterocycles. The summed E-state index contributed by atoms with van der Waals surface area (Å²) in [6.07, 6.45) is 1.06. The molecule has 100 valence electrons. The molecule has 1 heterocycles. The van der Waals surface area contributed by atoms with Crippen molar-refractivity contribution in [2.45, 2.75) is 38.4 Å². The summed E-state index contributed by atoms with van der Waals surface area (Å²) in [4.78, 5) is 2.47. The Bertz CT molecular complexity index is 422. The first-order valence-electron chi connectivity index (χ1n) is 6.39. The highest BCUT2D eigenvalue weighted by atomic mass is 79.9. The first kappa shape index (κ1) is 13.8. The zero-order valence-electron chi connectivity index (χ0n) is 11.2. The summed E-state index contributed by atoms with van der Waals surface area (Å²) in [6.45, 7) is 5.53. The fraction of sp³-hybridized carbons (Fsp3) is 0.571. The summed E-state index contributed by atoms with van der Waals surface area (Å²) in [5, 5.41) is 0. The predicted molar refractivity (Wildman–Crippen MR) is 77.9 cm³/mol. The van der Waals surface area contributed by atoms with Crippen LogP contribution in [0.25, 0.3) is 0 Å². The van der Waals surface area contributed by atoms with Gasteiger partial charge in [0, 0.05) is 18.6 Å². The smallest absolute Gasteiger partial charge is 0.133 e. The number of hydrogen-bond donors (Lipinski definition) is 1. The van der Waals surface area contributed by atoms with Crippen molar-refractivity contribution >= 4 is 15.9 Å². The lowest BCUT2D eigenvalue weighted by Gasteiger charge is -2.30. The molecule has 2 N–H and O–H groups in total. The van der Waals surface area contributed by atoms with Gasteiger partial charge in [0.2, 0.25) is 0 Å². The van der Waals surface area contributed by atoms with Gasteiger partial charge in [-0.05, 0) is 53.9 Å². The zero-order valence-corrected chi connectivity index (χ0v) is 12.8. The molecule has 2 rings (SSSR count). The monoisotopic (exact) mass is 312 g/mol. The Morgan fingerprint density at radius 2 is 2.17 bits per heavy atom. The van der Waals surface area contributed by atoms with E-state index in [0.717, 1.165) is 23.2 Å². The van der Waals surface area contributed by atoms with Crippen molar-refractivity contribution in [2.24, 2.45) is 5.73 Å². The Morgan fingerprint density at radius 3 is 2.72 bits per heavy atom. The molecule has 0 aliphatic carbocycles. The SMILES string of the molecule is COc1ccc(C2C(N)CCN2C(C)C)cc1Br. The van der Waals surface area contributed by atoms with Crippen LogP contribution in [0.15, 0.2) is 22.7 Å². The second-order valence-electron chi connectivity index (χ2n) is 5.12. The third-order valence-corrected chi connectivity index (χ3v) is 4.28. The molecule has 0 spiro atoms. The van der Waals surface area contributed by atoms with Crippen LogP contribution < -0.4 is 10.5 Å². The summed E-state index contributed by atoms with van der Waals surface area (Å²) < 4.78 is 6.26. The average molecular weight is 313 g/mol. The summed E-state index contributed by atoms with van der Waals surface area (Å²) in [6, 6.07) is 7.30. The lowest BCUT2D eigenvalue weighted by molar-refractivity contribution is 0.198. The zero-order chi connectivity index (χ0) is 13.3. The molecule has 0 bridgehead atoms. The van der Waals surface area contributed by atoms with Crippen LogP contribution in [0.3, 0.4) is 0 Å². The fourth-order valence-electron chi connectivity index (χ4n) is 2.73. The predicted octanol–water partition coefficient (Wildman–Crippen LogP) is 2.94. The highest BCUT2D eigenvalue weighted by Crippen LogP contribution is 2.36. The van der Waals surface area contributed by atoms with Crippen LogP contribution in [-0.4, -0.2) is 30.6 Å². The number of benzene rings is 1. The number of halogens is 1.